The third kappa shape index (κ3) is 8.33. The second-order valence-electron chi connectivity index (χ2n) is 8.41. The van der Waals surface area contributed by atoms with Crippen molar-refractivity contribution in [2.45, 2.75) is 96.5 Å². The molecule has 0 saturated heterocycles. The van der Waals surface area contributed by atoms with Crippen LogP contribution in [0.1, 0.15) is 90.4 Å². The van der Waals surface area contributed by atoms with E-state index in [0.29, 0.717) is 5.92 Å². The van der Waals surface area contributed by atoms with Crippen LogP contribution in [-0.4, -0.2) is 12.1 Å². The minimum absolute atomic E-state index is 0.0493. The lowest BCUT2D eigenvalue weighted by molar-refractivity contribution is -0.157. The molecule has 3 nitrogen and oxygen atoms in total. The van der Waals surface area contributed by atoms with Gasteiger partial charge < -0.3 is 4.74 Å². The van der Waals surface area contributed by atoms with Crippen LogP contribution in [0.15, 0.2) is 24.3 Å². The van der Waals surface area contributed by atoms with Crippen molar-refractivity contribution in [3.8, 4) is 6.07 Å². The third-order valence-corrected chi connectivity index (χ3v) is 6.31. The number of nitriles is 1. The average Bonchev–Trinajstić information content (AvgIpc) is 2.70. The summed E-state index contributed by atoms with van der Waals surface area (Å²) < 4.78 is 5.87. The van der Waals surface area contributed by atoms with Crippen molar-refractivity contribution < 1.29 is 9.53 Å². The first kappa shape index (κ1) is 21.7. The summed E-state index contributed by atoms with van der Waals surface area (Å²) in [6, 6.07) is 1.99. The van der Waals surface area contributed by atoms with Gasteiger partial charge in [0.2, 0.25) is 0 Å². The number of carbonyl (C=O) groups excluding carboxylic acids is 1. The van der Waals surface area contributed by atoms with Crippen LogP contribution in [0.25, 0.3) is 0 Å². The van der Waals surface area contributed by atoms with Crippen LogP contribution in [0, 0.1) is 29.1 Å². The molecule has 0 aromatic heterocycles. The number of ether oxygens (including phenoxy) is 1. The molecule has 0 bridgehead atoms. The first-order chi connectivity index (χ1) is 13.2. The molecule has 150 valence electrons. The number of unbranched alkanes of at least 4 members (excludes halogenated alkanes) is 3. The van der Waals surface area contributed by atoms with E-state index in [1.54, 1.807) is 6.08 Å². The molecule has 3 heteroatoms. The molecule has 0 spiro atoms. The normalized spacial score (nSPS) is 29.0. The maximum Gasteiger partial charge on any atom is 0.309 e. The molecule has 0 heterocycles. The highest BCUT2D eigenvalue weighted by molar-refractivity contribution is 5.72. The van der Waals surface area contributed by atoms with E-state index >= 15 is 0 Å². The van der Waals surface area contributed by atoms with Crippen LogP contribution in [0.3, 0.4) is 0 Å². The Labute approximate surface area is 165 Å². The van der Waals surface area contributed by atoms with Gasteiger partial charge in [-0.1, -0.05) is 57.3 Å². The van der Waals surface area contributed by atoms with Crippen molar-refractivity contribution >= 4 is 5.97 Å². The van der Waals surface area contributed by atoms with Crippen LogP contribution >= 0.6 is 0 Å². The van der Waals surface area contributed by atoms with E-state index in [4.69, 9.17) is 10.00 Å². The van der Waals surface area contributed by atoms with E-state index in [-0.39, 0.29) is 18.0 Å². The zero-order valence-electron chi connectivity index (χ0n) is 17.1. The second kappa shape index (κ2) is 12.8. The third-order valence-electron chi connectivity index (χ3n) is 6.31. The molecule has 2 aliphatic rings. The minimum atomic E-state index is 0.0493. The van der Waals surface area contributed by atoms with Gasteiger partial charge in [0.25, 0.3) is 0 Å². The van der Waals surface area contributed by atoms with Gasteiger partial charge in [0.15, 0.2) is 0 Å². The second-order valence-corrected chi connectivity index (χ2v) is 8.41. The highest BCUT2D eigenvalue weighted by Gasteiger charge is 2.30. The molecular formula is C24H37NO2. The lowest BCUT2D eigenvalue weighted by Gasteiger charge is -2.31. The molecule has 2 aliphatic carbocycles. The van der Waals surface area contributed by atoms with Gasteiger partial charge in [-0.15, -0.1) is 0 Å². The molecule has 2 saturated carbocycles. The number of hydrogen-bond acceptors (Lipinski definition) is 3. The first-order valence-electron chi connectivity index (χ1n) is 11.2. The zero-order valence-corrected chi connectivity index (χ0v) is 17.1. The van der Waals surface area contributed by atoms with E-state index in [1.165, 1.54) is 51.0 Å². The summed E-state index contributed by atoms with van der Waals surface area (Å²) in [6.07, 6.45) is 22.9. The van der Waals surface area contributed by atoms with Gasteiger partial charge in [0.05, 0.1) is 12.0 Å². The fourth-order valence-electron chi connectivity index (χ4n) is 4.53. The Bertz CT molecular complexity index is 515. The standard InChI is InChI=1S/C24H37NO2/c1-2-3-4-6-9-21-13-17-23(18-14-21)27-24(26)22-15-11-20(12-16-22)10-7-5-8-19-25/h5,7-8,10,20-23H,2-4,6,9,11-18H2,1H3/t20-,21-,22-,23-. The van der Waals surface area contributed by atoms with Crippen LogP contribution < -0.4 is 0 Å². The van der Waals surface area contributed by atoms with E-state index in [9.17, 15) is 4.79 Å². The molecule has 0 unspecified atom stereocenters. The Balaban J connectivity index is 1.61. The van der Waals surface area contributed by atoms with E-state index < -0.39 is 0 Å². The van der Waals surface area contributed by atoms with Gasteiger partial charge in [0, 0.05) is 6.08 Å². The Morgan fingerprint density at radius 3 is 2.41 bits per heavy atom. The van der Waals surface area contributed by atoms with Gasteiger partial charge in [0.1, 0.15) is 6.10 Å². The van der Waals surface area contributed by atoms with Crippen molar-refractivity contribution in [2.24, 2.45) is 17.8 Å². The van der Waals surface area contributed by atoms with Gasteiger partial charge in [-0.25, -0.2) is 0 Å². The van der Waals surface area contributed by atoms with E-state index in [2.05, 4.69) is 13.0 Å². The monoisotopic (exact) mass is 371 g/mol. The molecule has 0 aromatic carbocycles. The van der Waals surface area contributed by atoms with Crippen LogP contribution in [0.2, 0.25) is 0 Å². The first-order valence-corrected chi connectivity index (χ1v) is 11.2. The average molecular weight is 372 g/mol. The Kier molecular flexibility index (Phi) is 10.3. The predicted molar refractivity (Wildman–Crippen MR) is 110 cm³/mol. The zero-order chi connectivity index (χ0) is 19.3. The fraction of sp³-hybridized carbons (Fsp3) is 0.750. The largest absolute Gasteiger partial charge is 0.462 e. The summed E-state index contributed by atoms with van der Waals surface area (Å²) in [5.74, 6) is 1.53. The lowest BCUT2D eigenvalue weighted by atomic mass is 9.81. The summed E-state index contributed by atoms with van der Waals surface area (Å²) >= 11 is 0. The van der Waals surface area contributed by atoms with Crippen molar-refractivity contribution in [2.75, 3.05) is 0 Å². The number of nitrogens with zero attached hydrogens (tertiary/aromatic N) is 1. The summed E-state index contributed by atoms with van der Waals surface area (Å²) in [7, 11) is 0. The highest BCUT2D eigenvalue weighted by Crippen LogP contribution is 2.33. The lowest BCUT2D eigenvalue weighted by Crippen LogP contribution is -2.30. The highest BCUT2D eigenvalue weighted by atomic mass is 16.5. The summed E-state index contributed by atoms with van der Waals surface area (Å²) in [6.45, 7) is 2.26. The number of allylic oxidation sites excluding steroid dienone is 4. The van der Waals surface area contributed by atoms with Gasteiger partial charge >= 0.3 is 5.97 Å². The minimum Gasteiger partial charge on any atom is -0.462 e. The summed E-state index contributed by atoms with van der Waals surface area (Å²) in [4.78, 5) is 12.5. The van der Waals surface area contributed by atoms with Gasteiger partial charge in [-0.05, 0) is 63.2 Å². The molecule has 0 atom stereocenters. The Morgan fingerprint density at radius 1 is 1.00 bits per heavy atom. The van der Waals surface area contributed by atoms with Crippen LogP contribution in [-0.2, 0) is 9.53 Å². The van der Waals surface area contributed by atoms with Crippen molar-refractivity contribution in [3.63, 3.8) is 0 Å². The maximum atomic E-state index is 12.5. The SMILES string of the molecule is CCCCCC[C@H]1CC[C@H](OC(=O)[C@H]2CC[C@H](C=CC=CC#N)CC2)CC1. The molecule has 2 rings (SSSR count). The van der Waals surface area contributed by atoms with Crippen molar-refractivity contribution in [3.05, 3.63) is 24.3 Å². The molecule has 27 heavy (non-hydrogen) atoms. The number of carbonyl (C=O) groups is 1. The molecule has 0 amide bonds. The number of hydrogen-bond donors (Lipinski definition) is 0. The molecule has 2 fully saturated rings. The van der Waals surface area contributed by atoms with Crippen molar-refractivity contribution in [1.29, 1.82) is 5.26 Å². The summed E-state index contributed by atoms with van der Waals surface area (Å²) in [5, 5.41) is 8.48. The molecular weight excluding hydrogens is 334 g/mol. The quantitative estimate of drug-likeness (QED) is 0.201. The van der Waals surface area contributed by atoms with Gasteiger partial charge in [-0.3, -0.25) is 4.79 Å². The van der Waals surface area contributed by atoms with Crippen LogP contribution in [0.4, 0.5) is 0 Å². The topological polar surface area (TPSA) is 50.1 Å². The molecule has 0 aromatic rings. The van der Waals surface area contributed by atoms with E-state index in [1.807, 2.05) is 12.1 Å². The smallest absolute Gasteiger partial charge is 0.309 e. The number of rotatable bonds is 9. The maximum absolute atomic E-state index is 12.5. The molecule has 0 radical (unpaired) electrons. The number of esters is 1. The fourth-order valence-corrected chi connectivity index (χ4v) is 4.53. The van der Waals surface area contributed by atoms with Gasteiger partial charge in [-0.2, -0.15) is 5.26 Å². The Morgan fingerprint density at radius 2 is 1.74 bits per heavy atom. The Hall–Kier alpha value is -1.56. The van der Waals surface area contributed by atoms with E-state index in [0.717, 1.165) is 44.4 Å². The van der Waals surface area contributed by atoms with Crippen LogP contribution in [0.5, 0.6) is 0 Å². The van der Waals surface area contributed by atoms with Crippen molar-refractivity contribution in [1.82, 2.24) is 0 Å². The predicted octanol–water partition coefficient (Wildman–Crippen LogP) is 6.50. The summed E-state index contributed by atoms with van der Waals surface area (Å²) in [5.41, 5.74) is 0. The molecule has 0 aliphatic heterocycles. The molecule has 0 N–H and O–H groups in total.